The molecule has 4 aromatic rings. The van der Waals surface area contributed by atoms with Crippen LogP contribution in [0, 0.1) is 6.92 Å². The molecule has 0 radical (unpaired) electrons. The number of benzene rings is 2. The van der Waals surface area contributed by atoms with Gasteiger partial charge in [0.25, 0.3) is 0 Å². The third kappa shape index (κ3) is 4.02. The number of nitrogens with one attached hydrogen (secondary N) is 1. The van der Waals surface area contributed by atoms with Gasteiger partial charge in [-0.1, -0.05) is 42.0 Å². The lowest BCUT2D eigenvalue weighted by Crippen LogP contribution is -2.08. The van der Waals surface area contributed by atoms with Crippen LogP contribution >= 0.6 is 0 Å². The Balaban J connectivity index is 1.69. The van der Waals surface area contributed by atoms with Gasteiger partial charge in [-0.3, -0.25) is 0 Å². The van der Waals surface area contributed by atoms with E-state index in [2.05, 4.69) is 41.2 Å². The Morgan fingerprint density at radius 3 is 2.57 bits per heavy atom. The number of nitrogens with zero attached hydrogens (tertiary/aromatic N) is 1. The van der Waals surface area contributed by atoms with Crippen molar-refractivity contribution >= 4 is 11.0 Å². The average molecular weight is 402 g/mol. The number of hydrogen-bond acceptors (Lipinski definition) is 4. The first-order chi connectivity index (χ1) is 14.7. The van der Waals surface area contributed by atoms with E-state index in [1.54, 1.807) is 13.3 Å². The van der Waals surface area contributed by atoms with Crippen molar-refractivity contribution in [1.82, 2.24) is 9.97 Å². The summed E-state index contributed by atoms with van der Waals surface area (Å²) in [6.07, 6.45) is 3.41. The predicted molar refractivity (Wildman–Crippen MR) is 118 cm³/mol. The van der Waals surface area contributed by atoms with Crippen molar-refractivity contribution in [2.24, 2.45) is 0 Å². The maximum Gasteiger partial charge on any atom is 0.167 e. The second-order valence-electron chi connectivity index (χ2n) is 7.14. The molecule has 0 aliphatic carbocycles. The molecule has 0 bridgehead atoms. The van der Waals surface area contributed by atoms with Gasteiger partial charge in [0.15, 0.2) is 11.5 Å². The van der Waals surface area contributed by atoms with Gasteiger partial charge >= 0.3 is 0 Å². The number of fused-ring (bicyclic) bond motifs is 1. The maximum absolute atomic E-state index is 6.16. The summed E-state index contributed by atoms with van der Waals surface area (Å²) < 4.78 is 18.1. The second kappa shape index (κ2) is 9.01. The maximum atomic E-state index is 6.16. The number of pyridine rings is 1. The first-order valence-corrected chi connectivity index (χ1v) is 10.1. The molecule has 0 saturated heterocycles. The molecule has 1 unspecified atom stereocenters. The van der Waals surface area contributed by atoms with Gasteiger partial charge in [-0.25, -0.2) is 4.98 Å². The quantitative estimate of drug-likeness (QED) is 0.418. The zero-order valence-corrected chi connectivity index (χ0v) is 17.5. The molecule has 2 heterocycles. The van der Waals surface area contributed by atoms with Gasteiger partial charge in [0.1, 0.15) is 18.4 Å². The minimum atomic E-state index is -0.313. The number of aromatic amines is 1. The number of hydrogen-bond donors (Lipinski definition) is 1. The predicted octanol–water partition coefficient (Wildman–Crippen LogP) is 5.58. The Kier molecular flexibility index (Phi) is 6.00. The number of ether oxygens (including phenoxy) is 3. The van der Waals surface area contributed by atoms with Gasteiger partial charge in [-0.05, 0) is 37.6 Å². The number of aromatic nitrogens is 2. The number of rotatable bonds is 8. The van der Waals surface area contributed by atoms with Crippen molar-refractivity contribution in [1.29, 1.82) is 0 Å². The molecular weight excluding hydrogens is 376 g/mol. The highest BCUT2D eigenvalue weighted by Crippen LogP contribution is 2.41. The zero-order chi connectivity index (χ0) is 20.9. The lowest BCUT2D eigenvalue weighted by atomic mass is 10.00. The molecule has 5 nitrogen and oxygen atoms in total. The summed E-state index contributed by atoms with van der Waals surface area (Å²) in [4.78, 5) is 7.62. The Morgan fingerprint density at radius 1 is 0.967 bits per heavy atom. The SMILES string of the molecule is CCOc1c(OCc2ccc(C)cc2)cccc1C(OC)c1c[nH]c2ncccc12. The van der Waals surface area contributed by atoms with Crippen LogP contribution in [0.1, 0.15) is 35.3 Å². The van der Waals surface area contributed by atoms with Crippen molar-refractivity contribution in [2.45, 2.75) is 26.6 Å². The number of para-hydroxylation sites is 1. The van der Waals surface area contributed by atoms with Gasteiger partial charge in [-0.15, -0.1) is 0 Å². The zero-order valence-electron chi connectivity index (χ0n) is 17.5. The number of H-pyrrole nitrogens is 1. The van der Waals surface area contributed by atoms with Crippen molar-refractivity contribution in [3.63, 3.8) is 0 Å². The summed E-state index contributed by atoms with van der Waals surface area (Å²) in [7, 11) is 1.70. The standard InChI is InChI=1S/C25H26N2O3/c1-4-29-24-20(23(28-3)21-15-27-25-19(21)8-6-14-26-25)7-5-9-22(24)30-16-18-12-10-17(2)11-13-18/h5-15,23H,4,16H2,1-3H3,(H,26,27). The molecule has 1 N–H and O–H groups in total. The van der Waals surface area contributed by atoms with Crippen LogP contribution in [-0.2, 0) is 11.3 Å². The first-order valence-electron chi connectivity index (χ1n) is 10.1. The van der Waals surface area contributed by atoms with Crippen LogP contribution in [0.2, 0.25) is 0 Å². The Labute approximate surface area is 176 Å². The van der Waals surface area contributed by atoms with Crippen LogP contribution in [-0.4, -0.2) is 23.7 Å². The monoisotopic (exact) mass is 402 g/mol. The highest BCUT2D eigenvalue weighted by Gasteiger charge is 2.24. The highest BCUT2D eigenvalue weighted by molar-refractivity contribution is 5.80. The van der Waals surface area contributed by atoms with Gasteiger partial charge in [0.2, 0.25) is 0 Å². The number of aryl methyl sites for hydroxylation is 1. The van der Waals surface area contributed by atoms with E-state index in [0.29, 0.717) is 24.7 Å². The van der Waals surface area contributed by atoms with Crippen LogP contribution in [0.5, 0.6) is 11.5 Å². The summed E-state index contributed by atoms with van der Waals surface area (Å²) in [5, 5.41) is 1.03. The molecule has 2 aromatic carbocycles. The van der Waals surface area contributed by atoms with E-state index in [4.69, 9.17) is 14.2 Å². The molecule has 30 heavy (non-hydrogen) atoms. The summed E-state index contributed by atoms with van der Waals surface area (Å²) in [5.41, 5.74) is 5.10. The van der Waals surface area contributed by atoms with Crippen LogP contribution in [0.4, 0.5) is 0 Å². The highest BCUT2D eigenvalue weighted by atomic mass is 16.5. The smallest absolute Gasteiger partial charge is 0.167 e. The molecule has 5 heteroatoms. The lowest BCUT2D eigenvalue weighted by molar-refractivity contribution is 0.133. The fourth-order valence-electron chi connectivity index (χ4n) is 3.61. The van der Waals surface area contributed by atoms with Crippen LogP contribution < -0.4 is 9.47 Å². The minimum Gasteiger partial charge on any atom is -0.490 e. The topological polar surface area (TPSA) is 56.4 Å². The molecule has 0 aliphatic rings. The van der Waals surface area contributed by atoms with E-state index in [-0.39, 0.29) is 6.10 Å². The summed E-state index contributed by atoms with van der Waals surface area (Å²) in [5.74, 6) is 1.41. The third-order valence-corrected chi connectivity index (χ3v) is 5.10. The molecular formula is C25H26N2O3. The Hall–Kier alpha value is -3.31. The van der Waals surface area contributed by atoms with Crippen molar-refractivity contribution in [2.75, 3.05) is 13.7 Å². The van der Waals surface area contributed by atoms with Crippen molar-refractivity contribution in [3.8, 4) is 11.5 Å². The molecule has 1 atom stereocenters. The molecule has 0 amide bonds. The molecule has 0 saturated carbocycles. The Bertz CT molecular complexity index is 1120. The van der Waals surface area contributed by atoms with E-state index >= 15 is 0 Å². The van der Waals surface area contributed by atoms with Gasteiger partial charge in [0.05, 0.1) is 6.61 Å². The van der Waals surface area contributed by atoms with E-state index in [0.717, 1.165) is 27.7 Å². The fourth-order valence-corrected chi connectivity index (χ4v) is 3.61. The van der Waals surface area contributed by atoms with E-state index in [1.165, 1.54) is 5.56 Å². The normalized spacial score (nSPS) is 12.1. The van der Waals surface area contributed by atoms with Gasteiger partial charge in [-0.2, -0.15) is 0 Å². The van der Waals surface area contributed by atoms with Gasteiger partial charge in [0, 0.05) is 36.0 Å². The lowest BCUT2D eigenvalue weighted by Gasteiger charge is -2.21. The van der Waals surface area contributed by atoms with Crippen LogP contribution in [0.25, 0.3) is 11.0 Å². The van der Waals surface area contributed by atoms with Crippen molar-refractivity contribution in [3.05, 3.63) is 89.2 Å². The third-order valence-electron chi connectivity index (χ3n) is 5.10. The first kappa shape index (κ1) is 20.0. The molecule has 0 fully saturated rings. The van der Waals surface area contributed by atoms with E-state index in [9.17, 15) is 0 Å². The van der Waals surface area contributed by atoms with Crippen LogP contribution in [0.15, 0.2) is 67.0 Å². The Morgan fingerprint density at radius 2 is 1.80 bits per heavy atom. The van der Waals surface area contributed by atoms with Crippen LogP contribution in [0.3, 0.4) is 0 Å². The largest absolute Gasteiger partial charge is 0.490 e. The minimum absolute atomic E-state index is 0.313. The molecule has 0 spiro atoms. The summed E-state index contributed by atoms with van der Waals surface area (Å²) in [6, 6.07) is 18.2. The van der Waals surface area contributed by atoms with Crippen molar-refractivity contribution < 1.29 is 14.2 Å². The van der Waals surface area contributed by atoms with E-state index in [1.807, 2.05) is 43.5 Å². The average Bonchev–Trinajstić information content (AvgIpc) is 3.19. The molecule has 154 valence electrons. The summed E-state index contributed by atoms with van der Waals surface area (Å²) >= 11 is 0. The molecule has 4 rings (SSSR count). The second-order valence-corrected chi connectivity index (χ2v) is 7.14. The molecule has 0 aliphatic heterocycles. The van der Waals surface area contributed by atoms with E-state index < -0.39 is 0 Å². The summed E-state index contributed by atoms with van der Waals surface area (Å²) in [6.45, 7) is 5.05. The fraction of sp³-hybridized carbons (Fsp3) is 0.240. The number of methoxy groups -OCH3 is 1. The molecule has 2 aromatic heterocycles. The van der Waals surface area contributed by atoms with Gasteiger partial charge < -0.3 is 19.2 Å².